The second-order valence-electron chi connectivity index (χ2n) is 7.44. The van der Waals surface area contributed by atoms with Gasteiger partial charge in [0, 0.05) is 25.6 Å². The molecule has 1 spiro atoms. The van der Waals surface area contributed by atoms with Gasteiger partial charge in [-0.3, -0.25) is 14.5 Å². The highest BCUT2D eigenvalue weighted by Gasteiger charge is 2.45. The third-order valence-electron chi connectivity index (χ3n) is 5.65. The molecule has 1 amide bonds. The topological polar surface area (TPSA) is 49.9 Å². The third-order valence-corrected chi connectivity index (χ3v) is 5.65. The number of benzene rings is 1. The molecule has 0 radical (unpaired) electrons. The lowest BCUT2D eigenvalue weighted by atomic mass is 9.77. The van der Waals surface area contributed by atoms with Gasteiger partial charge < -0.3 is 9.64 Å². The summed E-state index contributed by atoms with van der Waals surface area (Å²) in [5, 5.41) is 0. The number of carbonyl (C=O) groups is 2. The highest BCUT2D eigenvalue weighted by Crippen LogP contribution is 2.41. The average Bonchev–Trinajstić information content (AvgIpc) is 2.88. The van der Waals surface area contributed by atoms with Crippen molar-refractivity contribution in [2.24, 2.45) is 5.41 Å². The van der Waals surface area contributed by atoms with Crippen LogP contribution in [0.1, 0.15) is 31.7 Å². The first-order valence-electron chi connectivity index (χ1n) is 8.86. The average molecular weight is 366 g/mol. The number of hydrogen-bond acceptors (Lipinski definition) is 4. The molecule has 2 saturated heterocycles. The van der Waals surface area contributed by atoms with Crippen LogP contribution in [0.15, 0.2) is 18.2 Å². The quantitative estimate of drug-likeness (QED) is 0.768. The van der Waals surface area contributed by atoms with Crippen LogP contribution < -0.4 is 0 Å². The zero-order valence-electron chi connectivity index (χ0n) is 15.1. The molecular formula is C19H24F2N2O3. The Morgan fingerprint density at radius 2 is 1.85 bits per heavy atom. The number of halogens is 2. The van der Waals surface area contributed by atoms with Crippen molar-refractivity contribution in [1.29, 1.82) is 0 Å². The summed E-state index contributed by atoms with van der Waals surface area (Å²) in [4.78, 5) is 27.9. The van der Waals surface area contributed by atoms with Crippen molar-refractivity contribution in [2.75, 3.05) is 26.7 Å². The van der Waals surface area contributed by atoms with Crippen LogP contribution in [0.2, 0.25) is 0 Å². The highest BCUT2D eigenvalue weighted by molar-refractivity contribution is 5.79. The van der Waals surface area contributed by atoms with Crippen LogP contribution >= 0.6 is 0 Å². The number of piperidine rings is 1. The minimum Gasteiger partial charge on any atom is -0.468 e. The van der Waals surface area contributed by atoms with E-state index in [-0.39, 0.29) is 29.9 Å². The van der Waals surface area contributed by atoms with Crippen molar-refractivity contribution in [2.45, 2.75) is 38.8 Å². The minimum atomic E-state index is -0.633. The maximum absolute atomic E-state index is 13.4. The number of carbonyl (C=O) groups excluding carboxylic acids is 2. The summed E-state index contributed by atoms with van der Waals surface area (Å²) in [6.07, 6.45) is 2.08. The van der Waals surface area contributed by atoms with Gasteiger partial charge in [0.05, 0.1) is 7.11 Å². The number of hydrogen-bond donors (Lipinski definition) is 0. The van der Waals surface area contributed by atoms with Crippen LogP contribution in [0.3, 0.4) is 0 Å². The minimum absolute atomic E-state index is 0.0177. The van der Waals surface area contributed by atoms with Gasteiger partial charge in [-0.05, 0) is 56.0 Å². The first kappa shape index (κ1) is 18.8. The molecule has 0 aromatic heterocycles. The van der Waals surface area contributed by atoms with Crippen molar-refractivity contribution in [3.05, 3.63) is 35.4 Å². The molecule has 142 valence electrons. The summed E-state index contributed by atoms with van der Waals surface area (Å²) >= 11 is 0. The summed E-state index contributed by atoms with van der Waals surface area (Å²) in [7, 11) is 1.38. The molecule has 2 aliphatic heterocycles. The Bertz CT molecular complexity index is 682. The number of ether oxygens (including phenoxy) is 1. The maximum atomic E-state index is 13.4. The molecule has 3 rings (SSSR count). The fourth-order valence-electron chi connectivity index (χ4n) is 4.09. The van der Waals surface area contributed by atoms with Gasteiger partial charge in [-0.15, -0.1) is 0 Å². The Morgan fingerprint density at radius 3 is 2.42 bits per heavy atom. The predicted molar refractivity (Wildman–Crippen MR) is 91.1 cm³/mol. The molecule has 2 fully saturated rings. The van der Waals surface area contributed by atoms with Crippen LogP contribution in [0.5, 0.6) is 0 Å². The van der Waals surface area contributed by atoms with E-state index in [0.717, 1.165) is 32.0 Å². The molecule has 0 N–H and O–H groups in total. The fourth-order valence-corrected chi connectivity index (χ4v) is 4.09. The van der Waals surface area contributed by atoms with E-state index in [1.54, 1.807) is 4.90 Å². The molecule has 5 nitrogen and oxygen atoms in total. The molecule has 1 aromatic carbocycles. The van der Waals surface area contributed by atoms with E-state index in [9.17, 15) is 18.4 Å². The SMILES string of the molecule is COC(=O)C(C)N1CCC2(CC1)CC(=O)N(Cc1cc(F)cc(F)c1)C2. The van der Waals surface area contributed by atoms with Crippen molar-refractivity contribution in [3.8, 4) is 0 Å². The van der Waals surface area contributed by atoms with Crippen LogP contribution in [0.25, 0.3) is 0 Å². The molecule has 1 aromatic rings. The Hall–Kier alpha value is -2.02. The van der Waals surface area contributed by atoms with Gasteiger partial charge >= 0.3 is 5.97 Å². The van der Waals surface area contributed by atoms with Crippen LogP contribution in [0, 0.1) is 17.0 Å². The number of rotatable bonds is 4. The molecule has 7 heteroatoms. The zero-order chi connectivity index (χ0) is 18.9. The summed E-state index contributed by atoms with van der Waals surface area (Å²) in [6, 6.07) is 3.07. The van der Waals surface area contributed by atoms with E-state index >= 15 is 0 Å². The van der Waals surface area contributed by atoms with Crippen molar-refractivity contribution in [1.82, 2.24) is 9.80 Å². The van der Waals surface area contributed by atoms with Gasteiger partial charge in [-0.25, -0.2) is 8.78 Å². The molecule has 2 heterocycles. The highest BCUT2D eigenvalue weighted by atomic mass is 19.1. The lowest BCUT2D eigenvalue weighted by Gasteiger charge is -2.40. The van der Waals surface area contributed by atoms with Gasteiger partial charge in [0.25, 0.3) is 0 Å². The predicted octanol–water partition coefficient (Wildman–Crippen LogP) is 2.34. The van der Waals surface area contributed by atoms with Crippen molar-refractivity contribution < 1.29 is 23.1 Å². The Balaban J connectivity index is 1.62. The van der Waals surface area contributed by atoms with Gasteiger partial charge in [0.1, 0.15) is 17.7 Å². The number of amides is 1. The number of likely N-dealkylation sites (tertiary alicyclic amines) is 2. The number of methoxy groups -OCH3 is 1. The van der Waals surface area contributed by atoms with E-state index in [2.05, 4.69) is 4.90 Å². The molecule has 0 aliphatic carbocycles. The van der Waals surface area contributed by atoms with Gasteiger partial charge in [0.2, 0.25) is 5.91 Å². The molecular weight excluding hydrogens is 342 g/mol. The molecule has 0 bridgehead atoms. The third kappa shape index (κ3) is 3.87. The summed E-state index contributed by atoms with van der Waals surface area (Å²) in [6.45, 7) is 4.09. The molecule has 26 heavy (non-hydrogen) atoms. The largest absolute Gasteiger partial charge is 0.468 e. The summed E-state index contributed by atoms with van der Waals surface area (Å²) in [5.74, 6) is -1.50. The van der Waals surface area contributed by atoms with E-state index < -0.39 is 11.6 Å². The molecule has 2 aliphatic rings. The molecule has 0 saturated carbocycles. The van der Waals surface area contributed by atoms with Crippen LogP contribution in [-0.4, -0.2) is 54.5 Å². The fraction of sp³-hybridized carbons (Fsp3) is 0.579. The summed E-state index contributed by atoms with van der Waals surface area (Å²) in [5.41, 5.74) is 0.347. The van der Waals surface area contributed by atoms with Gasteiger partial charge in [0.15, 0.2) is 0 Å². The molecule has 1 unspecified atom stereocenters. The zero-order valence-corrected chi connectivity index (χ0v) is 15.1. The van der Waals surface area contributed by atoms with E-state index in [4.69, 9.17) is 4.74 Å². The Labute approximate surface area is 151 Å². The van der Waals surface area contributed by atoms with Crippen molar-refractivity contribution >= 4 is 11.9 Å². The smallest absolute Gasteiger partial charge is 0.322 e. The first-order chi connectivity index (χ1) is 12.3. The monoisotopic (exact) mass is 366 g/mol. The molecule has 1 atom stereocenters. The van der Waals surface area contributed by atoms with Gasteiger partial charge in [-0.2, -0.15) is 0 Å². The normalized spacial score (nSPS) is 21.2. The van der Waals surface area contributed by atoms with E-state index in [0.29, 0.717) is 18.5 Å². The van der Waals surface area contributed by atoms with Crippen LogP contribution in [-0.2, 0) is 20.9 Å². The van der Waals surface area contributed by atoms with Crippen molar-refractivity contribution in [3.63, 3.8) is 0 Å². The second-order valence-corrected chi connectivity index (χ2v) is 7.44. The maximum Gasteiger partial charge on any atom is 0.322 e. The lowest BCUT2D eigenvalue weighted by Crippen LogP contribution is -2.48. The van der Waals surface area contributed by atoms with Crippen LogP contribution in [0.4, 0.5) is 8.78 Å². The van der Waals surface area contributed by atoms with Gasteiger partial charge in [-0.1, -0.05) is 0 Å². The number of esters is 1. The summed E-state index contributed by atoms with van der Waals surface area (Å²) < 4.78 is 31.5. The lowest BCUT2D eigenvalue weighted by molar-refractivity contribution is -0.147. The van der Waals surface area contributed by atoms with E-state index in [1.807, 2.05) is 6.92 Å². The Morgan fingerprint density at radius 1 is 1.23 bits per heavy atom. The second kappa shape index (κ2) is 7.31. The van der Waals surface area contributed by atoms with E-state index in [1.165, 1.54) is 19.2 Å². The standard InChI is InChI=1S/C19H24F2N2O3/c1-13(18(25)26-2)22-5-3-19(4-6-22)10-17(24)23(12-19)11-14-7-15(20)9-16(21)8-14/h7-9,13H,3-6,10-12H2,1-2H3. The first-order valence-corrected chi connectivity index (χ1v) is 8.86. The number of nitrogens with zero attached hydrogens (tertiary/aromatic N) is 2. The Kier molecular flexibility index (Phi) is 5.27.